The number of benzene rings is 4. The van der Waals surface area contributed by atoms with Crippen molar-refractivity contribution in [1.82, 2.24) is 5.32 Å². The molecule has 3 amide bonds. The van der Waals surface area contributed by atoms with E-state index in [-0.39, 0.29) is 29.0 Å². The summed E-state index contributed by atoms with van der Waals surface area (Å²) < 4.78 is 0. The molecule has 4 aromatic carbocycles. The summed E-state index contributed by atoms with van der Waals surface area (Å²) in [5.74, 6) is -0.879. The molecule has 0 heterocycles. The number of anilines is 2. The van der Waals surface area contributed by atoms with E-state index in [2.05, 4.69) is 16.0 Å². The van der Waals surface area contributed by atoms with Gasteiger partial charge in [0.1, 0.15) is 5.70 Å². The Balaban J connectivity index is 1.37. The molecule has 0 radical (unpaired) electrons. The molecule has 0 saturated heterocycles. The van der Waals surface area contributed by atoms with Crippen LogP contribution in [0.25, 0.3) is 6.08 Å². The zero-order valence-electron chi connectivity index (χ0n) is 22.6. The number of hydrogen-bond donors (Lipinski definition) is 3. The summed E-state index contributed by atoms with van der Waals surface area (Å²) in [5.41, 5.74) is 4.14. The second-order valence-electron chi connectivity index (χ2n) is 9.24. The maximum atomic E-state index is 13.2. The lowest BCUT2D eigenvalue weighted by Gasteiger charge is -2.12. The van der Waals surface area contributed by atoms with Crippen LogP contribution in [-0.2, 0) is 9.59 Å². The Bertz CT molecular complexity index is 1560. The second kappa shape index (κ2) is 13.9. The highest BCUT2D eigenvalue weighted by molar-refractivity contribution is 8.00. The van der Waals surface area contributed by atoms with E-state index in [0.717, 1.165) is 16.0 Å². The molecular weight excluding hydrogens is 534 g/mol. The number of hydrogen-bond acceptors (Lipinski definition) is 5. The van der Waals surface area contributed by atoms with Gasteiger partial charge in [-0.05, 0) is 86.2 Å². The third-order valence-electron chi connectivity index (χ3n) is 5.97. The van der Waals surface area contributed by atoms with E-state index in [0.29, 0.717) is 22.5 Å². The summed E-state index contributed by atoms with van der Waals surface area (Å²) in [6.45, 7) is 3.47. The highest BCUT2D eigenvalue weighted by atomic mass is 32.2. The average molecular weight is 564 g/mol. The van der Waals surface area contributed by atoms with E-state index in [1.165, 1.54) is 18.7 Å². The first-order valence-electron chi connectivity index (χ1n) is 12.9. The van der Waals surface area contributed by atoms with Crippen LogP contribution in [0.4, 0.5) is 11.4 Å². The topological polar surface area (TPSA) is 104 Å². The lowest BCUT2D eigenvalue weighted by molar-refractivity contribution is -0.114. The first kappa shape index (κ1) is 29.0. The molecule has 0 aliphatic heterocycles. The van der Waals surface area contributed by atoms with Crippen molar-refractivity contribution in [2.45, 2.75) is 18.7 Å². The molecule has 0 bridgehead atoms. The highest BCUT2D eigenvalue weighted by Crippen LogP contribution is 2.21. The standard InChI is InChI=1S/C33H29N3O4S/c1-22-8-10-24(11-9-22)20-30(36-32(39)26-6-4-3-5-7-26)33(40)35-28-16-18-29(19-17-28)41-21-31(38)34-27-14-12-25(13-15-27)23(2)37/h3-20H,21H2,1-2H3,(H,34,38)(H,35,40)(H,36,39). The van der Waals surface area contributed by atoms with Gasteiger partial charge in [0.2, 0.25) is 5.91 Å². The van der Waals surface area contributed by atoms with Crippen molar-refractivity contribution < 1.29 is 19.2 Å². The van der Waals surface area contributed by atoms with Gasteiger partial charge in [0.25, 0.3) is 11.8 Å². The fourth-order valence-electron chi connectivity index (χ4n) is 3.74. The fraction of sp³-hybridized carbons (Fsp3) is 0.0909. The van der Waals surface area contributed by atoms with Gasteiger partial charge < -0.3 is 16.0 Å². The molecule has 7 nitrogen and oxygen atoms in total. The molecule has 4 rings (SSSR count). The fourth-order valence-corrected chi connectivity index (χ4v) is 4.44. The molecule has 8 heteroatoms. The van der Waals surface area contributed by atoms with Crippen molar-refractivity contribution in [3.8, 4) is 0 Å². The number of amides is 3. The minimum atomic E-state index is -0.467. The van der Waals surface area contributed by atoms with Crippen LogP contribution in [0.5, 0.6) is 0 Å². The second-order valence-corrected chi connectivity index (χ2v) is 10.3. The van der Waals surface area contributed by atoms with Crippen molar-refractivity contribution in [1.29, 1.82) is 0 Å². The van der Waals surface area contributed by atoms with Crippen LogP contribution < -0.4 is 16.0 Å². The summed E-state index contributed by atoms with van der Waals surface area (Å²) in [5, 5.41) is 8.38. The maximum Gasteiger partial charge on any atom is 0.272 e. The Morgan fingerprint density at radius 1 is 0.707 bits per heavy atom. The number of Topliss-reactive ketones (excluding diaryl/α,β-unsaturated/α-hetero) is 1. The largest absolute Gasteiger partial charge is 0.325 e. The van der Waals surface area contributed by atoms with Crippen molar-refractivity contribution in [2.75, 3.05) is 16.4 Å². The van der Waals surface area contributed by atoms with Crippen LogP contribution in [0.1, 0.15) is 38.8 Å². The Kier molecular flexibility index (Phi) is 9.85. The highest BCUT2D eigenvalue weighted by Gasteiger charge is 2.15. The van der Waals surface area contributed by atoms with Gasteiger partial charge in [-0.1, -0.05) is 48.0 Å². The molecular formula is C33H29N3O4S. The quantitative estimate of drug-likeness (QED) is 0.119. The molecule has 0 fully saturated rings. The molecule has 0 saturated carbocycles. The predicted octanol–water partition coefficient (Wildman–Crippen LogP) is 6.34. The number of nitrogens with one attached hydrogen (secondary N) is 3. The molecule has 0 aliphatic carbocycles. The van der Waals surface area contributed by atoms with E-state index in [1.807, 2.05) is 37.3 Å². The SMILES string of the molecule is CC(=O)c1ccc(NC(=O)CSc2ccc(NC(=O)C(=Cc3ccc(C)cc3)NC(=O)c3ccccc3)cc2)cc1. The van der Waals surface area contributed by atoms with Gasteiger partial charge in [-0.15, -0.1) is 11.8 Å². The molecule has 206 valence electrons. The van der Waals surface area contributed by atoms with Crippen molar-refractivity contribution in [3.63, 3.8) is 0 Å². The third-order valence-corrected chi connectivity index (χ3v) is 6.99. The van der Waals surface area contributed by atoms with Gasteiger partial charge in [0.05, 0.1) is 5.75 Å². The van der Waals surface area contributed by atoms with E-state index >= 15 is 0 Å². The Morgan fingerprint density at radius 3 is 1.95 bits per heavy atom. The van der Waals surface area contributed by atoms with Crippen molar-refractivity contribution >= 4 is 52.7 Å². The van der Waals surface area contributed by atoms with Crippen LogP contribution in [0.15, 0.2) is 114 Å². The summed E-state index contributed by atoms with van der Waals surface area (Å²) in [4.78, 5) is 50.6. The Hall–Kier alpha value is -4.95. The zero-order chi connectivity index (χ0) is 29.2. The lowest BCUT2D eigenvalue weighted by Crippen LogP contribution is -2.30. The zero-order valence-corrected chi connectivity index (χ0v) is 23.5. The van der Waals surface area contributed by atoms with Crippen LogP contribution in [0.3, 0.4) is 0 Å². The predicted molar refractivity (Wildman–Crippen MR) is 164 cm³/mol. The first-order valence-corrected chi connectivity index (χ1v) is 13.9. The minimum absolute atomic E-state index is 0.0338. The average Bonchev–Trinajstić information content (AvgIpc) is 2.98. The number of thioether (sulfide) groups is 1. The number of ketones is 1. The number of aryl methyl sites for hydroxylation is 1. The smallest absolute Gasteiger partial charge is 0.272 e. The van der Waals surface area contributed by atoms with Crippen LogP contribution in [0, 0.1) is 6.92 Å². The molecule has 0 aromatic heterocycles. The molecule has 41 heavy (non-hydrogen) atoms. The summed E-state index contributed by atoms with van der Waals surface area (Å²) in [6, 6.07) is 30.1. The molecule has 4 aromatic rings. The lowest BCUT2D eigenvalue weighted by atomic mass is 10.1. The van der Waals surface area contributed by atoms with Crippen molar-refractivity contribution in [2.24, 2.45) is 0 Å². The number of rotatable bonds is 10. The van der Waals surface area contributed by atoms with E-state index in [9.17, 15) is 19.2 Å². The Morgan fingerprint density at radius 2 is 1.32 bits per heavy atom. The maximum absolute atomic E-state index is 13.2. The molecule has 0 unspecified atom stereocenters. The number of carbonyl (C=O) groups excluding carboxylic acids is 4. The van der Waals surface area contributed by atoms with Gasteiger partial charge in [-0.3, -0.25) is 19.2 Å². The molecule has 0 atom stereocenters. The first-order chi connectivity index (χ1) is 19.8. The van der Waals surface area contributed by atoms with Crippen LogP contribution in [-0.4, -0.2) is 29.3 Å². The minimum Gasteiger partial charge on any atom is -0.325 e. The summed E-state index contributed by atoms with van der Waals surface area (Å²) in [7, 11) is 0. The van der Waals surface area contributed by atoms with Crippen LogP contribution in [0.2, 0.25) is 0 Å². The van der Waals surface area contributed by atoms with E-state index in [4.69, 9.17) is 0 Å². The van der Waals surface area contributed by atoms with Gasteiger partial charge in [-0.25, -0.2) is 0 Å². The molecule has 0 spiro atoms. The van der Waals surface area contributed by atoms with Crippen molar-refractivity contribution in [3.05, 3.63) is 131 Å². The normalized spacial score (nSPS) is 10.9. The van der Waals surface area contributed by atoms with E-state index in [1.54, 1.807) is 78.9 Å². The van der Waals surface area contributed by atoms with E-state index < -0.39 is 5.91 Å². The summed E-state index contributed by atoms with van der Waals surface area (Å²) >= 11 is 1.35. The Labute approximate surface area is 243 Å². The monoisotopic (exact) mass is 563 g/mol. The summed E-state index contributed by atoms with van der Waals surface area (Å²) in [6.07, 6.45) is 1.63. The molecule has 0 aliphatic rings. The molecule has 3 N–H and O–H groups in total. The third kappa shape index (κ3) is 8.78. The number of carbonyl (C=O) groups is 4. The van der Waals surface area contributed by atoms with Crippen LogP contribution >= 0.6 is 11.8 Å². The van der Waals surface area contributed by atoms with Gasteiger partial charge in [0.15, 0.2) is 5.78 Å². The van der Waals surface area contributed by atoms with Gasteiger partial charge in [-0.2, -0.15) is 0 Å². The van der Waals surface area contributed by atoms with Gasteiger partial charge >= 0.3 is 0 Å². The van der Waals surface area contributed by atoms with Gasteiger partial charge in [0, 0.05) is 27.4 Å².